The topological polar surface area (TPSA) is 0 Å². The molecule has 0 amide bonds. The predicted octanol–water partition coefficient (Wildman–Crippen LogP) is 4.96. The molecule has 0 bridgehead atoms. The van der Waals surface area contributed by atoms with E-state index < -0.39 is 8.07 Å². The van der Waals surface area contributed by atoms with E-state index in [1.807, 2.05) is 0 Å². The minimum Gasteiger partial charge on any atom is -0.0713 e. The third-order valence-electron chi connectivity index (χ3n) is 4.08. The van der Waals surface area contributed by atoms with Gasteiger partial charge in [-0.25, -0.2) is 0 Å². The van der Waals surface area contributed by atoms with Crippen LogP contribution in [0.4, 0.5) is 0 Å². The largest absolute Gasteiger partial charge is 0.0713 e. The summed E-state index contributed by atoms with van der Waals surface area (Å²) < 4.78 is 0. The Kier molecular flexibility index (Phi) is 5.13. The molecule has 1 atom stereocenters. The normalized spacial score (nSPS) is 16.1. The molecule has 0 aromatic heterocycles. The monoisotopic (exact) mass is 229 g/mol. The van der Waals surface area contributed by atoms with Gasteiger partial charge in [0.15, 0.2) is 0 Å². The van der Waals surface area contributed by atoms with Crippen LogP contribution in [0.3, 0.4) is 0 Å². The van der Waals surface area contributed by atoms with Crippen molar-refractivity contribution in [3.63, 3.8) is 0 Å². The van der Waals surface area contributed by atoms with Crippen LogP contribution in [0.25, 0.3) is 0 Å². The quantitative estimate of drug-likeness (QED) is 0.598. The third kappa shape index (κ3) is 3.23. The first-order valence-corrected chi connectivity index (χ1v) is 11.6. The summed E-state index contributed by atoms with van der Waals surface area (Å²) in [4.78, 5) is 0. The van der Waals surface area contributed by atoms with E-state index in [2.05, 4.69) is 53.9 Å². The maximum Gasteiger partial charge on any atom is 0.0530 e. The standard InChI is InChI=1S/C12H29Si2/c1-9-10-11(13(5)6)14(7,8)12(2,3)4/h11H,9-10H2,1-8H3. The van der Waals surface area contributed by atoms with E-state index in [0.717, 1.165) is 5.16 Å². The van der Waals surface area contributed by atoms with Gasteiger partial charge in [0.2, 0.25) is 0 Å². The Morgan fingerprint density at radius 2 is 1.57 bits per heavy atom. The van der Waals surface area contributed by atoms with Gasteiger partial charge in [-0.15, -0.1) is 0 Å². The second-order valence-electron chi connectivity index (χ2n) is 6.39. The van der Waals surface area contributed by atoms with E-state index in [9.17, 15) is 0 Å². The lowest BCUT2D eigenvalue weighted by molar-refractivity contribution is 0.687. The maximum absolute atomic E-state index is 2.60. The lowest BCUT2D eigenvalue weighted by atomic mass is 10.2. The zero-order valence-corrected chi connectivity index (χ0v) is 13.5. The maximum atomic E-state index is 2.60. The highest BCUT2D eigenvalue weighted by Gasteiger charge is 2.42. The highest BCUT2D eigenvalue weighted by atomic mass is 28.4. The van der Waals surface area contributed by atoms with Crippen molar-refractivity contribution in [3.05, 3.63) is 0 Å². The van der Waals surface area contributed by atoms with Gasteiger partial charge in [-0.3, -0.25) is 0 Å². The van der Waals surface area contributed by atoms with Gasteiger partial charge in [0.25, 0.3) is 0 Å². The van der Waals surface area contributed by atoms with Crippen molar-refractivity contribution in [2.75, 3.05) is 0 Å². The van der Waals surface area contributed by atoms with Gasteiger partial charge in [0.1, 0.15) is 0 Å². The van der Waals surface area contributed by atoms with Gasteiger partial charge in [-0.1, -0.05) is 71.9 Å². The minimum absolute atomic E-state index is 0.113. The second kappa shape index (κ2) is 4.97. The van der Waals surface area contributed by atoms with Gasteiger partial charge in [0.05, 0.1) is 8.07 Å². The summed E-state index contributed by atoms with van der Waals surface area (Å²) in [5.41, 5.74) is 0. The molecule has 2 heteroatoms. The molecule has 0 aromatic carbocycles. The van der Waals surface area contributed by atoms with Crippen LogP contribution in [0.15, 0.2) is 0 Å². The van der Waals surface area contributed by atoms with Gasteiger partial charge in [-0.2, -0.15) is 0 Å². The average Bonchev–Trinajstić information content (AvgIpc) is 1.96. The van der Waals surface area contributed by atoms with E-state index in [1.165, 1.54) is 12.8 Å². The van der Waals surface area contributed by atoms with E-state index in [-0.39, 0.29) is 8.80 Å². The third-order valence-corrected chi connectivity index (χ3v) is 15.6. The summed E-state index contributed by atoms with van der Waals surface area (Å²) >= 11 is 0. The fourth-order valence-electron chi connectivity index (χ4n) is 2.18. The molecule has 0 spiro atoms. The molecule has 0 saturated carbocycles. The Morgan fingerprint density at radius 3 is 1.79 bits per heavy atom. The molecule has 0 aliphatic carbocycles. The first-order valence-electron chi connectivity index (χ1n) is 5.94. The molecule has 0 rings (SSSR count). The Hall–Kier alpha value is 0.434. The summed E-state index contributed by atoms with van der Waals surface area (Å²) in [5.74, 6) is 0. The highest BCUT2D eigenvalue weighted by Crippen LogP contribution is 2.46. The molecule has 85 valence electrons. The van der Waals surface area contributed by atoms with Crippen molar-refractivity contribution < 1.29 is 0 Å². The van der Waals surface area contributed by atoms with E-state index in [1.54, 1.807) is 0 Å². The van der Waals surface area contributed by atoms with Gasteiger partial charge in [-0.05, 0) is 5.04 Å². The minimum atomic E-state index is -1.07. The average molecular weight is 230 g/mol. The molecule has 14 heavy (non-hydrogen) atoms. The highest BCUT2D eigenvalue weighted by molar-refractivity contribution is 6.91. The Bertz CT molecular complexity index is 166. The van der Waals surface area contributed by atoms with Crippen LogP contribution in [-0.2, 0) is 0 Å². The molecular weight excluding hydrogens is 200 g/mol. The van der Waals surface area contributed by atoms with E-state index in [0.29, 0.717) is 5.04 Å². The van der Waals surface area contributed by atoms with Crippen LogP contribution >= 0.6 is 0 Å². The Balaban J connectivity index is 4.80. The Morgan fingerprint density at radius 1 is 1.14 bits per heavy atom. The zero-order chi connectivity index (χ0) is 11.6. The number of hydrogen-bond acceptors (Lipinski definition) is 0. The Labute approximate surface area is 94.1 Å². The van der Waals surface area contributed by atoms with Crippen LogP contribution in [0.5, 0.6) is 0 Å². The molecule has 0 heterocycles. The van der Waals surface area contributed by atoms with Crippen molar-refractivity contribution in [2.45, 2.75) is 76.9 Å². The molecule has 0 fully saturated rings. The summed E-state index contributed by atoms with van der Waals surface area (Å²) in [7, 11) is -1.19. The predicted molar refractivity (Wildman–Crippen MR) is 73.3 cm³/mol. The van der Waals surface area contributed by atoms with Gasteiger partial charge < -0.3 is 0 Å². The van der Waals surface area contributed by atoms with Gasteiger partial charge in [0, 0.05) is 8.80 Å². The van der Waals surface area contributed by atoms with Gasteiger partial charge >= 0.3 is 0 Å². The van der Waals surface area contributed by atoms with Crippen molar-refractivity contribution >= 4 is 16.9 Å². The second-order valence-corrected chi connectivity index (χ2v) is 15.5. The smallest absolute Gasteiger partial charge is 0.0530 e. The van der Waals surface area contributed by atoms with Crippen molar-refractivity contribution in [1.82, 2.24) is 0 Å². The number of hydrogen-bond donors (Lipinski definition) is 0. The number of rotatable bonds is 4. The molecule has 1 unspecified atom stereocenters. The van der Waals surface area contributed by atoms with E-state index in [4.69, 9.17) is 0 Å². The fourth-order valence-corrected chi connectivity index (χ4v) is 12.2. The molecule has 0 aliphatic heterocycles. The summed E-state index contributed by atoms with van der Waals surface area (Å²) in [6.07, 6.45) is 2.84. The molecule has 0 N–H and O–H groups in total. The summed E-state index contributed by atoms with van der Waals surface area (Å²) in [6.45, 7) is 19.9. The van der Waals surface area contributed by atoms with Crippen molar-refractivity contribution in [1.29, 1.82) is 0 Å². The SMILES string of the molecule is CCCC([Si](C)C)[Si](C)(C)C(C)(C)C. The lowest BCUT2D eigenvalue weighted by Gasteiger charge is -2.45. The molecule has 0 saturated heterocycles. The first-order chi connectivity index (χ1) is 6.14. The summed E-state index contributed by atoms with van der Waals surface area (Å²) in [5, 5.41) is 1.65. The van der Waals surface area contributed by atoms with Crippen LogP contribution < -0.4 is 0 Å². The van der Waals surface area contributed by atoms with E-state index >= 15 is 0 Å². The van der Waals surface area contributed by atoms with Crippen LogP contribution in [0, 0.1) is 0 Å². The van der Waals surface area contributed by atoms with Crippen LogP contribution in [0.1, 0.15) is 40.5 Å². The molecule has 0 aliphatic rings. The first kappa shape index (κ1) is 14.4. The lowest BCUT2D eigenvalue weighted by Crippen LogP contribution is -2.46. The molecule has 0 aromatic rings. The molecule has 0 nitrogen and oxygen atoms in total. The van der Waals surface area contributed by atoms with Crippen LogP contribution in [0.2, 0.25) is 36.4 Å². The fraction of sp³-hybridized carbons (Fsp3) is 1.00. The van der Waals surface area contributed by atoms with Crippen molar-refractivity contribution in [3.8, 4) is 0 Å². The molecular formula is C12H29Si2. The molecule has 1 radical (unpaired) electrons. The van der Waals surface area contributed by atoms with Crippen LogP contribution in [-0.4, -0.2) is 16.9 Å². The summed E-state index contributed by atoms with van der Waals surface area (Å²) in [6, 6.07) is 0. The van der Waals surface area contributed by atoms with Crippen molar-refractivity contribution in [2.24, 2.45) is 0 Å². The zero-order valence-electron chi connectivity index (χ0n) is 11.5.